The maximum Gasteiger partial charge on any atom is 0.341 e. The number of pyridine rings is 1. The molecule has 1 N–H and O–H groups in total. The molecule has 144 valence electrons. The van der Waals surface area contributed by atoms with Crippen molar-refractivity contribution in [3.63, 3.8) is 0 Å². The SMILES string of the molecule is O=C(O)c1cn2c(c(OCc3ccccc3)c1=O)C(=O)N1CC3CCC1(C3)C2. The number of ether oxygens (including phenoxy) is 1. The van der Waals surface area contributed by atoms with Gasteiger partial charge in [0.25, 0.3) is 5.91 Å². The monoisotopic (exact) mass is 380 g/mol. The van der Waals surface area contributed by atoms with E-state index in [0.29, 0.717) is 19.0 Å². The summed E-state index contributed by atoms with van der Waals surface area (Å²) >= 11 is 0. The molecule has 5 rings (SSSR count). The Balaban J connectivity index is 1.61. The van der Waals surface area contributed by atoms with Crippen LogP contribution in [0.1, 0.15) is 45.7 Å². The molecule has 28 heavy (non-hydrogen) atoms. The number of nitrogens with zero attached hydrogens (tertiary/aromatic N) is 2. The molecule has 2 atom stereocenters. The van der Waals surface area contributed by atoms with Crippen molar-refractivity contribution in [2.24, 2.45) is 5.92 Å². The lowest BCUT2D eigenvalue weighted by Crippen LogP contribution is -2.55. The second-order valence-electron chi connectivity index (χ2n) is 8.01. The van der Waals surface area contributed by atoms with Gasteiger partial charge in [-0.15, -0.1) is 0 Å². The number of piperidine rings is 1. The molecule has 2 unspecified atom stereocenters. The summed E-state index contributed by atoms with van der Waals surface area (Å²) in [5.74, 6) is -1.22. The number of amides is 1. The number of fused-ring (bicyclic) bond motifs is 2. The summed E-state index contributed by atoms with van der Waals surface area (Å²) < 4.78 is 7.40. The molecule has 1 saturated heterocycles. The zero-order chi connectivity index (χ0) is 19.5. The lowest BCUT2D eigenvalue weighted by molar-refractivity contribution is 0.0392. The van der Waals surface area contributed by atoms with E-state index < -0.39 is 11.4 Å². The summed E-state index contributed by atoms with van der Waals surface area (Å²) in [6.45, 7) is 1.30. The predicted molar refractivity (Wildman–Crippen MR) is 99.5 cm³/mol. The van der Waals surface area contributed by atoms with Gasteiger partial charge in [0.15, 0.2) is 11.4 Å². The van der Waals surface area contributed by atoms with E-state index in [9.17, 15) is 19.5 Å². The Labute approximate surface area is 161 Å². The van der Waals surface area contributed by atoms with Crippen LogP contribution in [0.2, 0.25) is 0 Å². The predicted octanol–water partition coefficient (Wildman–Crippen LogP) is 2.13. The molecule has 1 aliphatic carbocycles. The summed E-state index contributed by atoms with van der Waals surface area (Å²) in [4.78, 5) is 39.6. The van der Waals surface area contributed by atoms with Gasteiger partial charge in [0.1, 0.15) is 12.2 Å². The average Bonchev–Trinajstić information content (AvgIpc) is 3.25. The molecule has 1 aromatic heterocycles. The van der Waals surface area contributed by atoms with E-state index in [4.69, 9.17) is 4.74 Å². The number of hydrogen-bond acceptors (Lipinski definition) is 4. The first kappa shape index (κ1) is 17.0. The van der Waals surface area contributed by atoms with Crippen molar-refractivity contribution in [1.29, 1.82) is 0 Å². The summed E-state index contributed by atoms with van der Waals surface area (Å²) in [6, 6.07) is 9.27. The van der Waals surface area contributed by atoms with Crippen LogP contribution in [0.3, 0.4) is 0 Å². The van der Waals surface area contributed by atoms with Crippen LogP contribution in [-0.2, 0) is 13.2 Å². The quantitative estimate of drug-likeness (QED) is 0.878. The van der Waals surface area contributed by atoms with Gasteiger partial charge in [-0.3, -0.25) is 9.59 Å². The normalized spacial score (nSPS) is 24.8. The van der Waals surface area contributed by atoms with Crippen molar-refractivity contribution in [2.75, 3.05) is 6.54 Å². The lowest BCUT2D eigenvalue weighted by Gasteiger charge is -2.44. The number of aromatic nitrogens is 1. The number of benzene rings is 1. The van der Waals surface area contributed by atoms with Gasteiger partial charge in [-0.2, -0.15) is 0 Å². The van der Waals surface area contributed by atoms with Crippen molar-refractivity contribution >= 4 is 11.9 Å². The molecule has 7 heteroatoms. The molecule has 2 aromatic rings. The van der Waals surface area contributed by atoms with Crippen molar-refractivity contribution in [1.82, 2.24) is 9.47 Å². The van der Waals surface area contributed by atoms with Crippen LogP contribution in [0.25, 0.3) is 0 Å². The second-order valence-corrected chi connectivity index (χ2v) is 8.01. The van der Waals surface area contributed by atoms with Crippen LogP contribution in [0.15, 0.2) is 41.3 Å². The first-order chi connectivity index (χ1) is 13.5. The minimum atomic E-state index is -1.31. The van der Waals surface area contributed by atoms with Crippen LogP contribution >= 0.6 is 0 Å². The minimum Gasteiger partial charge on any atom is -0.483 e. The molecule has 3 heterocycles. The van der Waals surface area contributed by atoms with Crippen LogP contribution < -0.4 is 10.2 Å². The van der Waals surface area contributed by atoms with Crippen LogP contribution in [0.5, 0.6) is 5.75 Å². The Morgan fingerprint density at radius 1 is 1.25 bits per heavy atom. The maximum atomic E-state index is 13.3. The summed E-state index contributed by atoms with van der Waals surface area (Å²) in [5, 5.41) is 9.50. The highest BCUT2D eigenvalue weighted by Gasteiger charge is 2.56. The molecule has 2 fully saturated rings. The smallest absolute Gasteiger partial charge is 0.341 e. The van der Waals surface area contributed by atoms with Crippen molar-refractivity contribution in [3.8, 4) is 5.75 Å². The Morgan fingerprint density at radius 2 is 2.04 bits per heavy atom. The Hall–Kier alpha value is -3.09. The number of rotatable bonds is 4. The summed E-state index contributed by atoms with van der Waals surface area (Å²) in [5.41, 5.74) is -0.359. The third kappa shape index (κ3) is 2.38. The number of aromatic carboxylic acids is 1. The molecule has 1 aromatic carbocycles. The van der Waals surface area contributed by atoms with Gasteiger partial charge in [0.05, 0.1) is 5.54 Å². The summed E-state index contributed by atoms with van der Waals surface area (Å²) in [6.07, 6.45) is 4.25. The fourth-order valence-electron chi connectivity index (χ4n) is 5.04. The molecule has 2 bridgehead atoms. The van der Waals surface area contributed by atoms with Gasteiger partial charge in [-0.25, -0.2) is 4.79 Å². The number of hydrogen-bond donors (Lipinski definition) is 1. The molecule has 0 radical (unpaired) electrons. The fourth-order valence-corrected chi connectivity index (χ4v) is 5.04. The third-order valence-corrected chi connectivity index (χ3v) is 6.31. The number of carboxylic acids is 1. The van der Waals surface area contributed by atoms with E-state index in [1.807, 2.05) is 35.2 Å². The highest BCUT2D eigenvalue weighted by Crippen LogP contribution is 2.50. The van der Waals surface area contributed by atoms with Crippen molar-refractivity contribution < 1.29 is 19.4 Å². The van der Waals surface area contributed by atoms with E-state index in [-0.39, 0.29) is 35.1 Å². The molecular formula is C21H20N2O5. The average molecular weight is 380 g/mol. The first-order valence-corrected chi connectivity index (χ1v) is 9.48. The Morgan fingerprint density at radius 3 is 2.75 bits per heavy atom. The van der Waals surface area contributed by atoms with Gasteiger partial charge in [0, 0.05) is 19.3 Å². The van der Waals surface area contributed by atoms with Gasteiger partial charge in [0.2, 0.25) is 5.43 Å². The molecule has 1 saturated carbocycles. The summed E-state index contributed by atoms with van der Waals surface area (Å²) in [7, 11) is 0. The van der Waals surface area contributed by atoms with Gasteiger partial charge in [-0.05, 0) is 30.7 Å². The van der Waals surface area contributed by atoms with Gasteiger partial charge in [-0.1, -0.05) is 30.3 Å². The standard InChI is InChI=1S/C21H20N2O5/c24-17-15(20(26)27)10-22-12-21-7-6-14(8-21)9-23(21)19(25)16(22)18(17)28-11-13-4-2-1-3-5-13/h1-5,10,14H,6-9,11-12H2,(H,26,27). The molecule has 7 nitrogen and oxygen atoms in total. The van der Waals surface area contributed by atoms with Crippen LogP contribution in [-0.4, -0.2) is 38.5 Å². The van der Waals surface area contributed by atoms with E-state index in [1.54, 1.807) is 4.57 Å². The molecular weight excluding hydrogens is 360 g/mol. The van der Waals surface area contributed by atoms with Crippen LogP contribution in [0.4, 0.5) is 0 Å². The van der Waals surface area contributed by atoms with Gasteiger partial charge < -0.3 is 19.3 Å². The third-order valence-electron chi connectivity index (χ3n) is 6.31. The van der Waals surface area contributed by atoms with Crippen molar-refractivity contribution in [3.05, 3.63) is 63.6 Å². The molecule has 1 amide bonds. The van der Waals surface area contributed by atoms with E-state index in [2.05, 4.69) is 0 Å². The highest BCUT2D eigenvalue weighted by molar-refractivity contribution is 5.98. The molecule has 1 spiro atoms. The number of carbonyl (C=O) groups excluding carboxylic acids is 1. The highest BCUT2D eigenvalue weighted by atomic mass is 16.5. The molecule has 3 aliphatic rings. The molecule has 2 aliphatic heterocycles. The Bertz CT molecular complexity index is 1040. The largest absolute Gasteiger partial charge is 0.483 e. The van der Waals surface area contributed by atoms with Gasteiger partial charge >= 0.3 is 5.97 Å². The number of carboxylic acid groups (broad SMARTS) is 1. The van der Waals surface area contributed by atoms with Crippen LogP contribution in [0, 0.1) is 5.92 Å². The minimum absolute atomic E-state index is 0.0905. The zero-order valence-corrected chi connectivity index (χ0v) is 15.3. The Kier molecular flexibility index (Phi) is 3.62. The fraction of sp³-hybridized carbons (Fsp3) is 0.381. The van der Waals surface area contributed by atoms with E-state index in [0.717, 1.165) is 24.8 Å². The zero-order valence-electron chi connectivity index (χ0n) is 15.3. The second kappa shape index (κ2) is 5.95. The lowest BCUT2D eigenvalue weighted by atomic mass is 9.93. The van der Waals surface area contributed by atoms with E-state index >= 15 is 0 Å². The first-order valence-electron chi connectivity index (χ1n) is 9.48. The number of carbonyl (C=O) groups is 2. The maximum absolute atomic E-state index is 13.3. The van der Waals surface area contributed by atoms with E-state index in [1.165, 1.54) is 6.20 Å². The van der Waals surface area contributed by atoms with Crippen molar-refractivity contribution in [2.45, 2.75) is 38.0 Å². The topological polar surface area (TPSA) is 88.8 Å².